The molecule has 0 atom stereocenters. The summed E-state index contributed by atoms with van der Waals surface area (Å²) in [5.41, 5.74) is 0.666. The summed E-state index contributed by atoms with van der Waals surface area (Å²) in [6, 6.07) is 4.48. The Labute approximate surface area is 149 Å². The third kappa shape index (κ3) is 3.20. The van der Waals surface area contributed by atoms with Gasteiger partial charge in [0.05, 0.1) is 17.3 Å². The van der Waals surface area contributed by atoms with Crippen molar-refractivity contribution in [1.82, 2.24) is 4.57 Å². The van der Waals surface area contributed by atoms with Crippen LogP contribution in [0.4, 0.5) is 15.9 Å². The van der Waals surface area contributed by atoms with E-state index in [-0.39, 0.29) is 28.0 Å². The van der Waals surface area contributed by atoms with Crippen LogP contribution < -0.4 is 10.9 Å². The normalized spacial score (nSPS) is 10.4. The van der Waals surface area contributed by atoms with Crippen LogP contribution in [0.15, 0.2) is 33.7 Å². The highest BCUT2D eigenvalue weighted by atomic mass is 19.1. The first-order valence-corrected chi connectivity index (χ1v) is 8.18. The Hall–Kier alpha value is -3.09. The predicted molar refractivity (Wildman–Crippen MR) is 98.9 cm³/mol. The number of rotatable bonds is 3. The third-order valence-corrected chi connectivity index (χ3v) is 3.88. The summed E-state index contributed by atoms with van der Waals surface area (Å²) in [5.74, 6) is -1.87. The molecule has 0 amide bonds. The van der Waals surface area contributed by atoms with Crippen molar-refractivity contribution >= 4 is 28.4 Å². The van der Waals surface area contributed by atoms with E-state index in [2.05, 4.69) is 5.32 Å². The largest absolute Gasteiger partial charge is 0.477 e. The molecule has 1 aromatic carbocycles. The fourth-order valence-electron chi connectivity index (χ4n) is 2.63. The van der Waals surface area contributed by atoms with E-state index < -0.39 is 17.3 Å². The van der Waals surface area contributed by atoms with Gasteiger partial charge < -0.3 is 14.8 Å². The molecule has 0 saturated heterocycles. The number of furan rings is 1. The number of aryl methyl sites for hydroxylation is 2. The number of benzene rings is 1. The summed E-state index contributed by atoms with van der Waals surface area (Å²) < 4.78 is 20.5. The number of halogens is 1. The number of anilines is 2. The highest BCUT2D eigenvalue weighted by molar-refractivity contribution is 6.06. The molecule has 3 aromatic rings. The molecule has 2 N–H and O–H groups in total. The van der Waals surface area contributed by atoms with E-state index in [4.69, 9.17) is 4.42 Å². The Morgan fingerprint density at radius 1 is 1.27 bits per heavy atom. The highest BCUT2D eigenvalue weighted by Gasteiger charge is 2.24. The van der Waals surface area contributed by atoms with Crippen LogP contribution in [0.2, 0.25) is 0 Å². The number of carbonyl (C=O) groups is 1. The van der Waals surface area contributed by atoms with Crippen LogP contribution >= 0.6 is 0 Å². The lowest BCUT2D eigenvalue weighted by Crippen LogP contribution is -2.23. The fraction of sp³-hybridized carbons (Fsp3) is 0.263. The fourth-order valence-corrected chi connectivity index (χ4v) is 2.63. The van der Waals surface area contributed by atoms with Gasteiger partial charge in [-0.2, -0.15) is 0 Å². The Bertz CT molecular complexity index is 1030. The van der Waals surface area contributed by atoms with Gasteiger partial charge in [0, 0.05) is 12.6 Å². The number of hydrogen-bond donors (Lipinski definition) is 2. The number of hydrogen-bond acceptors (Lipinski definition) is 4. The second kappa shape index (κ2) is 7.43. The summed E-state index contributed by atoms with van der Waals surface area (Å²) in [7, 11) is 1.43. The monoisotopic (exact) mass is 360 g/mol. The molecular weight excluding hydrogens is 339 g/mol. The summed E-state index contributed by atoms with van der Waals surface area (Å²) in [6.45, 7) is 7.40. The number of carboxylic acids is 1. The molecule has 2 heterocycles. The van der Waals surface area contributed by atoms with E-state index >= 15 is 0 Å². The molecule has 7 heteroatoms. The van der Waals surface area contributed by atoms with Crippen molar-refractivity contribution in [1.29, 1.82) is 0 Å². The summed E-state index contributed by atoms with van der Waals surface area (Å²) in [5, 5.41) is 12.5. The van der Waals surface area contributed by atoms with Gasteiger partial charge in [0.2, 0.25) is 0 Å². The molecule has 3 rings (SSSR count). The Morgan fingerprint density at radius 2 is 1.92 bits per heavy atom. The van der Waals surface area contributed by atoms with Crippen LogP contribution in [0.1, 0.15) is 35.3 Å². The molecule has 26 heavy (non-hydrogen) atoms. The zero-order valence-electron chi connectivity index (χ0n) is 15.3. The first kappa shape index (κ1) is 19.2. The second-order valence-corrected chi connectivity index (χ2v) is 5.62. The smallest absolute Gasteiger partial charge is 0.343 e. The summed E-state index contributed by atoms with van der Waals surface area (Å²) in [4.78, 5) is 24.2. The highest BCUT2D eigenvalue weighted by Crippen LogP contribution is 2.29. The lowest BCUT2D eigenvalue weighted by molar-refractivity contribution is 0.0698. The minimum absolute atomic E-state index is 0.0295. The molecule has 0 saturated carbocycles. The SMILES string of the molecule is CC.Cc1ccc(Nc2c(C(=O)O)c3occ(C)c3c(=O)n2C)c(F)c1. The van der Waals surface area contributed by atoms with Crippen molar-refractivity contribution in [3.8, 4) is 0 Å². The number of fused-ring (bicyclic) bond motifs is 1. The zero-order valence-corrected chi connectivity index (χ0v) is 15.3. The van der Waals surface area contributed by atoms with E-state index in [1.807, 2.05) is 13.8 Å². The number of aromatic nitrogens is 1. The van der Waals surface area contributed by atoms with E-state index in [1.54, 1.807) is 19.9 Å². The van der Waals surface area contributed by atoms with Gasteiger partial charge in [-0.3, -0.25) is 9.36 Å². The van der Waals surface area contributed by atoms with Crippen molar-refractivity contribution in [3.63, 3.8) is 0 Å². The topological polar surface area (TPSA) is 84.5 Å². The van der Waals surface area contributed by atoms with Crippen molar-refractivity contribution in [3.05, 3.63) is 57.3 Å². The van der Waals surface area contributed by atoms with Crippen LogP contribution in [0.5, 0.6) is 0 Å². The summed E-state index contributed by atoms with van der Waals surface area (Å²) in [6.07, 6.45) is 1.33. The average molecular weight is 360 g/mol. The van der Waals surface area contributed by atoms with Crippen LogP contribution in [0.3, 0.4) is 0 Å². The molecule has 0 radical (unpaired) electrons. The van der Waals surface area contributed by atoms with Gasteiger partial charge >= 0.3 is 5.97 Å². The number of nitrogens with one attached hydrogen (secondary N) is 1. The molecule has 138 valence electrons. The minimum Gasteiger partial charge on any atom is -0.477 e. The summed E-state index contributed by atoms with van der Waals surface area (Å²) >= 11 is 0. The molecule has 0 spiro atoms. The van der Waals surface area contributed by atoms with Crippen LogP contribution in [0.25, 0.3) is 11.0 Å². The van der Waals surface area contributed by atoms with Crippen LogP contribution in [-0.2, 0) is 7.05 Å². The van der Waals surface area contributed by atoms with Crippen LogP contribution in [0, 0.1) is 19.7 Å². The molecule has 0 aliphatic carbocycles. The van der Waals surface area contributed by atoms with E-state index in [0.29, 0.717) is 5.56 Å². The molecule has 2 aromatic heterocycles. The maximum absolute atomic E-state index is 14.1. The maximum atomic E-state index is 14.1. The Morgan fingerprint density at radius 3 is 2.50 bits per heavy atom. The first-order chi connectivity index (χ1) is 12.3. The number of aromatic carboxylic acids is 1. The Kier molecular flexibility index (Phi) is 5.50. The lowest BCUT2D eigenvalue weighted by Gasteiger charge is -2.15. The number of carboxylic acid groups (broad SMARTS) is 1. The molecule has 0 fully saturated rings. The van der Waals surface area contributed by atoms with Gasteiger partial charge in [-0.25, -0.2) is 9.18 Å². The van der Waals surface area contributed by atoms with Crippen molar-refractivity contribution in [2.75, 3.05) is 5.32 Å². The number of nitrogens with zero attached hydrogens (tertiary/aromatic N) is 1. The third-order valence-electron chi connectivity index (χ3n) is 3.88. The van der Waals surface area contributed by atoms with E-state index in [1.165, 1.54) is 25.4 Å². The van der Waals surface area contributed by atoms with Gasteiger partial charge in [0.1, 0.15) is 17.2 Å². The standard InChI is InChI=1S/C17H15FN2O4.C2H6/c1-8-4-5-11(10(18)6-8)19-15-13(17(22)23)14-12(9(2)7-24-14)16(21)20(15)3;1-2/h4-7,19H,1-3H3,(H,22,23);1-2H3. The van der Waals surface area contributed by atoms with Gasteiger partial charge in [-0.1, -0.05) is 19.9 Å². The minimum atomic E-state index is -1.28. The zero-order chi connectivity index (χ0) is 19.6. The van der Waals surface area contributed by atoms with Gasteiger partial charge in [-0.05, 0) is 31.5 Å². The van der Waals surface area contributed by atoms with E-state index in [9.17, 15) is 19.1 Å². The lowest BCUT2D eigenvalue weighted by atomic mass is 10.1. The molecular formula is C19H21FN2O4. The van der Waals surface area contributed by atoms with Gasteiger partial charge in [0.15, 0.2) is 5.58 Å². The quantitative estimate of drug-likeness (QED) is 0.725. The van der Waals surface area contributed by atoms with Crippen molar-refractivity contribution in [2.45, 2.75) is 27.7 Å². The molecule has 0 aliphatic rings. The van der Waals surface area contributed by atoms with Crippen molar-refractivity contribution in [2.24, 2.45) is 7.05 Å². The average Bonchev–Trinajstić information content (AvgIpc) is 2.97. The second-order valence-electron chi connectivity index (χ2n) is 5.62. The van der Waals surface area contributed by atoms with Gasteiger partial charge in [-0.15, -0.1) is 0 Å². The first-order valence-electron chi connectivity index (χ1n) is 8.18. The molecule has 0 unspecified atom stereocenters. The van der Waals surface area contributed by atoms with Crippen LogP contribution in [-0.4, -0.2) is 15.6 Å². The Balaban J connectivity index is 0.00000117. The van der Waals surface area contributed by atoms with Crippen molar-refractivity contribution < 1.29 is 18.7 Å². The molecule has 0 aliphatic heterocycles. The molecule has 6 nitrogen and oxygen atoms in total. The number of pyridine rings is 1. The molecule has 0 bridgehead atoms. The van der Waals surface area contributed by atoms with Gasteiger partial charge in [0.25, 0.3) is 5.56 Å². The predicted octanol–water partition coefficient (Wildman–Crippen LogP) is 4.36. The van der Waals surface area contributed by atoms with E-state index in [0.717, 1.165) is 10.1 Å². The maximum Gasteiger partial charge on any atom is 0.343 e.